The van der Waals surface area contributed by atoms with E-state index in [-0.39, 0.29) is 0 Å². The number of aliphatic carboxylic acids is 1. The van der Waals surface area contributed by atoms with E-state index in [9.17, 15) is 14.7 Å². The molecule has 0 atom stereocenters. The first-order valence-corrected chi connectivity index (χ1v) is 9.50. The Bertz CT molecular complexity index is 969. The van der Waals surface area contributed by atoms with E-state index >= 15 is 0 Å². The molecule has 2 aromatic carbocycles. The number of carbonyl (C=O) groups excluding carboxylic acids is 2. The molecule has 0 spiro atoms. The molecular weight excluding hydrogens is 426 g/mol. The van der Waals surface area contributed by atoms with Crippen LogP contribution in [-0.2, 0) is 9.59 Å². The van der Waals surface area contributed by atoms with Gasteiger partial charge in [0.05, 0.1) is 33.0 Å². The van der Waals surface area contributed by atoms with Crippen LogP contribution in [0.25, 0.3) is 6.08 Å². The maximum Gasteiger partial charge on any atom is 0.262 e. The molecule has 0 aliphatic carbocycles. The Morgan fingerprint density at radius 3 is 2.00 bits per heavy atom. The third-order valence-electron chi connectivity index (χ3n) is 4.27. The molecule has 2 aromatic rings. The molecule has 0 fully saturated rings. The van der Waals surface area contributed by atoms with Crippen LogP contribution in [0.4, 0.5) is 0 Å². The molecule has 0 saturated carbocycles. The standard InChI is InChI=1S/C22H24ClNO7/c1-12-6-15(7-13(2)20(12)23)31-11-19(25)24-16(22(26)27)8-14-9-17(28-3)21(30-5)18(10-14)29-4/h6-10H,11H2,1-5H3,(H,24,25)(H,26,27)/p-1/b16-8+. The number of rotatable bonds is 9. The minimum absolute atomic E-state index is 0.328. The summed E-state index contributed by atoms with van der Waals surface area (Å²) in [6.07, 6.45) is 1.22. The topological polar surface area (TPSA) is 106 Å². The second kappa shape index (κ2) is 10.6. The Hall–Kier alpha value is -3.39. The monoisotopic (exact) mass is 448 g/mol. The van der Waals surface area contributed by atoms with Gasteiger partial charge in [0.25, 0.3) is 5.91 Å². The van der Waals surface area contributed by atoms with Crippen LogP contribution in [0.2, 0.25) is 5.02 Å². The largest absolute Gasteiger partial charge is 0.543 e. The molecule has 0 heterocycles. The molecule has 0 aromatic heterocycles. The van der Waals surface area contributed by atoms with Gasteiger partial charge in [-0.3, -0.25) is 4.79 Å². The molecule has 0 saturated heterocycles. The van der Waals surface area contributed by atoms with Crippen molar-refractivity contribution in [2.45, 2.75) is 13.8 Å². The number of carboxylic acid groups (broad SMARTS) is 1. The second-order valence-corrected chi connectivity index (χ2v) is 6.89. The SMILES string of the molecule is COc1cc(/C=C(/NC(=O)COc2cc(C)c(Cl)c(C)c2)C(=O)[O-])cc(OC)c1OC. The first-order chi connectivity index (χ1) is 14.7. The zero-order valence-electron chi connectivity index (χ0n) is 17.8. The molecule has 166 valence electrons. The summed E-state index contributed by atoms with van der Waals surface area (Å²) in [5, 5.41) is 14.4. The van der Waals surface area contributed by atoms with Crippen molar-refractivity contribution in [3.8, 4) is 23.0 Å². The van der Waals surface area contributed by atoms with Crippen molar-refractivity contribution in [3.63, 3.8) is 0 Å². The van der Waals surface area contributed by atoms with E-state index < -0.39 is 24.2 Å². The van der Waals surface area contributed by atoms with E-state index in [1.165, 1.54) is 39.5 Å². The highest BCUT2D eigenvalue weighted by molar-refractivity contribution is 6.32. The van der Waals surface area contributed by atoms with Gasteiger partial charge in [-0.25, -0.2) is 0 Å². The summed E-state index contributed by atoms with van der Waals surface area (Å²) in [7, 11) is 4.32. The predicted octanol–water partition coefficient (Wildman–Crippen LogP) is 2.27. The zero-order valence-corrected chi connectivity index (χ0v) is 18.6. The van der Waals surface area contributed by atoms with E-state index in [1.54, 1.807) is 12.1 Å². The average molecular weight is 449 g/mol. The number of hydrogen-bond acceptors (Lipinski definition) is 7. The predicted molar refractivity (Wildman–Crippen MR) is 114 cm³/mol. The number of amides is 1. The highest BCUT2D eigenvalue weighted by Crippen LogP contribution is 2.38. The van der Waals surface area contributed by atoms with Crippen LogP contribution in [-0.4, -0.2) is 39.8 Å². The van der Waals surface area contributed by atoms with Gasteiger partial charge in [-0.05, 0) is 60.9 Å². The van der Waals surface area contributed by atoms with E-state index in [4.69, 9.17) is 30.5 Å². The van der Waals surface area contributed by atoms with Crippen molar-refractivity contribution in [1.29, 1.82) is 0 Å². The fourth-order valence-corrected chi connectivity index (χ4v) is 2.93. The van der Waals surface area contributed by atoms with Gasteiger partial charge in [-0.2, -0.15) is 0 Å². The van der Waals surface area contributed by atoms with Gasteiger partial charge in [-0.15, -0.1) is 0 Å². The van der Waals surface area contributed by atoms with Gasteiger partial charge in [-0.1, -0.05) is 11.6 Å². The van der Waals surface area contributed by atoms with Crippen molar-refractivity contribution in [3.05, 3.63) is 51.7 Å². The third-order valence-corrected chi connectivity index (χ3v) is 4.87. The Kier molecular flexibility index (Phi) is 8.15. The number of methoxy groups -OCH3 is 3. The van der Waals surface area contributed by atoms with Crippen molar-refractivity contribution in [2.75, 3.05) is 27.9 Å². The van der Waals surface area contributed by atoms with Crippen LogP contribution >= 0.6 is 11.6 Å². The fourth-order valence-electron chi connectivity index (χ4n) is 2.82. The van der Waals surface area contributed by atoms with Crippen LogP contribution in [0, 0.1) is 13.8 Å². The fraction of sp³-hybridized carbons (Fsp3) is 0.273. The van der Waals surface area contributed by atoms with Crippen molar-refractivity contribution >= 4 is 29.6 Å². The molecule has 0 aliphatic rings. The Labute approximate surface area is 185 Å². The third kappa shape index (κ3) is 6.05. The molecule has 8 nitrogen and oxygen atoms in total. The first-order valence-electron chi connectivity index (χ1n) is 9.12. The number of carbonyl (C=O) groups is 2. The molecule has 31 heavy (non-hydrogen) atoms. The number of carboxylic acids is 1. The summed E-state index contributed by atoms with van der Waals surface area (Å²) in [4.78, 5) is 23.8. The Morgan fingerprint density at radius 1 is 1.00 bits per heavy atom. The van der Waals surface area contributed by atoms with Crippen LogP contribution in [0.5, 0.6) is 23.0 Å². The Morgan fingerprint density at radius 2 is 1.55 bits per heavy atom. The van der Waals surface area contributed by atoms with Crippen molar-refractivity contribution in [1.82, 2.24) is 5.32 Å². The summed E-state index contributed by atoms with van der Waals surface area (Å²) in [5.74, 6) is -0.794. The molecule has 0 bridgehead atoms. The van der Waals surface area contributed by atoms with Crippen molar-refractivity contribution in [2.24, 2.45) is 0 Å². The van der Waals surface area contributed by atoms with Crippen LogP contribution in [0.1, 0.15) is 16.7 Å². The molecule has 0 aliphatic heterocycles. The van der Waals surface area contributed by atoms with E-state index in [0.717, 1.165) is 11.1 Å². The van der Waals surface area contributed by atoms with Crippen molar-refractivity contribution < 1.29 is 33.6 Å². The van der Waals surface area contributed by atoms with Gasteiger partial charge >= 0.3 is 0 Å². The number of nitrogens with one attached hydrogen (secondary N) is 1. The quantitative estimate of drug-likeness (QED) is 0.586. The lowest BCUT2D eigenvalue weighted by Gasteiger charge is -2.15. The molecule has 1 N–H and O–H groups in total. The molecule has 9 heteroatoms. The average Bonchev–Trinajstić information content (AvgIpc) is 2.74. The molecule has 0 radical (unpaired) electrons. The maximum absolute atomic E-state index is 12.2. The lowest BCUT2D eigenvalue weighted by Crippen LogP contribution is -2.37. The number of ether oxygens (including phenoxy) is 4. The summed E-state index contributed by atoms with van der Waals surface area (Å²) in [6, 6.07) is 6.44. The first kappa shape index (κ1) is 23.9. The Balaban J connectivity index is 2.20. The maximum atomic E-state index is 12.2. The van der Waals surface area contributed by atoms with Gasteiger partial charge in [0.2, 0.25) is 5.75 Å². The van der Waals surface area contributed by atoms with E-state index in [2.05, 4.69) is 5.32 Å². The number of halogens is 1. The van der Waals surface area contributed by atoms with Gasteiger partial charge in [0, 0.05) is 5.02 Å². The smallest absolute Gasteiger partial charge is 0.262 e. The van der Waals surface area contributed by atoms with Gasteiger partial charge < -0.3 is 34.2 Å². The summed E-state index contributed by atoms with van der Waals surface area (Å²) >= 11 is 6.12. The minimum atomic E-state index is -1.57. The summed E-state index contributed by atoms with van der Waals surface area (Å²) < 4.78 is 21.2. The lowest BCUT2D eigenvalue weighted by atomic mass is 10.1. The molecule has 2 rings (SSSR count). The number of benzene rings is 2. The summed E-state index contributed by atoms with van der Waals surface area (Å²) in [5.41, 5.74) is 1.54. The number of aryl methyl sites for hydroxylation is 2. The lowest BCUT2D eigenvalue weighted by molar-refractivity contribution is -0.299. The molecule has 0 unspecified atom stereocenters. The normalized spacial score (nSPS) is 11.0. The van der Waals surface area contributed by atoms with Gasteiger partial charge in [0.1, 0.15) is 5.75 Å². The summed E-state index contributed by atoms with van der Waals surface area (Å²) in [6.45, 7) is 3.23. The van der Waals surface area contributed by atoms with Crippen LogP contribution in [0.15, 0.2) is 30.0 Å². The second-order valence-electron chi connectivity index (χ2n) is 6.51. The van der Waals surface area contributed by atoms with Gasteiger partial charge in [0.15, 0.2) is 18.1 Å². The number of hydrogen-bond donors (Lipinski definition) is 1. The van der Waals surface area contributed by atoms with Crippen LogP contribution in [0.3, 0.4) is 0 Å². The molecule has 1 amide bonds. The molecular formula is C22H23ClNO7-. The highest BCUT2D eigenvalue weighted by Gasteiger charge is 2.14. The highest BCUT2D eigenvalue weighted by atomic mass is 35.5. The van der Waals surface area contributed by atoms with E-state index in [0.29, 0.717) is 33.6 Å². The zero-order chi connectivity index (χ0) is 23.1. The van der Waals surface area contributed by atoms with E-state index in [1.807, 2.05) is 13.8 Å². The van der Waals surface area contributed by atoms with Crippen LogP contribution < -0.4 is 29.4 Å². The minimum Gasteiger partial charge on any atom is -0.543 e.